The average Bonchev–Trinajstić information content (AvgIpc) is 3.19. The minimum atomic E-state index is -0.0324. The lowest BCUT2D eigenvalue weighted by molar-refractivity contribution is 0.0954. The first-order valence-corrected chi connectivity index (χ1v) is 7.35. The molecule has 2 aromatic heterocycles. The molecule has 3 rings (SSSR count). The maximum Gasteiger partial charge on any atom is 0.251 e. The lowest BCUT2D eigenvalue weighted by Gasteiger charge is -2.06. The Labute approximate surface area is 130 Å². The number of rotatable bonds is 5. The fourth-order valence-electron chi connectivity index (χ4n) is 2.42. The molecule has 0 aliphatic heterocycles. The quantitative estimate of drug-likeness (QED) is 0.772. The Balaban J connectivity index is 1.56. The molecule has 1 N–H and O–H groups in total. The van der Waals surface area contributed by atoms with Crippen molar-refractivity contribution in [2.45, 2.75) is 6.42 Å². The Bertz CT molecular complexity index is 739. The number of hydrogen-bond acceptors (Lipinski definition) is 1. The van der Waals surface area contributed by atoms with Gasteiger partial charge in [-0.1, -0.05) is 0 Å². The van der Waals surface area contributed by atoms with E-state index in [1.54, 1.807) is 0 Å². The van der Waals surface area contributed by atoms with Crippen LogP contribution in [0.15, 0.2) is 67.3 Å². The molecule has 0 aliphatic carbocycles. The van der Waals surface area contributed by atoms with E-state index in [1.165, 1.54) is 5.56 Å². The average molecular weight is 293 g/mol. The van der Waals surface area contributed by atoms with Crippen molar-refractivity contribution in [3.8, 4) is 5.69 Å². The van der Waals surface area contributed by atoms with Crippen LogP contribution < -0.4 is 5.32 Å². The van der Waals surface area contributed by atoms with Gasteiger partial charge in [-0.05, 0) is 54.4 Å². The standard InChI is InChI=1S/C18H19N3O/c1-20-13-9-15(14-20)8-10-19-18(22)16-4-6-17(7-5-16)21-11-2-3-12-21/h2-7,9,11-14H,8,10H2,1H3,(H,19,22). The van der Waals surface area contributed by atoms with Crippen molar-refractivity contribution >= 4 is 5.91 Å². The Morgan fingerprint density at radius 2 is 1.77 bits per heavy atom. The zero-order valence-corrected chi connectivity index (χ0v) is 12.6. The predicted molar refractivity (Wildman–Crippen MR) is 87.2 cm³/mol. The molecular weight excluding hydrogens is 274 g/mol. The summed E-state index contributed by atoms with van der Waals surface area (Å²) in [6.07, 6.45) is 8.88. The van der Waals surface area contributed by atoms with E-state index in [0.29, 0.717) is 12.1 Å². The fraction of sp³-hybridized carbons (Fsp3) is 0.167. The number of amides is 1. The Hall–Kier alpha value is -2.75. The summed E-state index contributed by atoms with van der Waals surface area (Å²) < 4.78 is 4.02. The number of carbonyl (C=O) groups is 1. The van der Waals surface area contributed by atoms with Crippen LogP contribution in [0, 0.1) is 0 Å². The van der Waals surface area contributed by atoms with Gasteiger partial charge >= 0.3 is 0 Å². The van der Waals surface area contributed by atoms with Crippen LogP contribution >= 0.6 is 0 Å². The second-order valence-corrected chi connectivity index (χ2v) is 5.33. The third-order valence-electron chi connectivity index (χ3n) is 3.62. The predicted octanol–water partition coefficient (Wildman–Crippen LogP) is 2.79. The molecule has 0 unspecified atom stereocenters. The van der Waals surface area contributed by atoms with E-state index >= 15 is 0 Å². The smallest absolute Gasteiger partial charge is 0.251 e. The highest BCUT2D eigenvalue weighted by Crippen LogP contribution is 2.10. The van der Waals surface area contributed by atoms with Gasteiger partial charge < -0.3 is 14.5 Å². The van der Waals surface area contributed by atoms with Crippen molar-refractivity contribution in [1.29, 1.82) is 0 Å². The molecule has 4 heteroatoms. The minimum absolute atomic E-state index is 0.0324. The van der Waals surface area contributed by atoms with Crippen molar-refractivity contribution in [1.82, 2.24) is 14.5 Å². The highest BCUT2D eigenvalue weighted by atomic mass is 16.1. The van der Waals surface area contributed by atoms with Gasteiger partial charge in [0.15, 0.2) is 0 Å². The second-order valence-electron chi connectivity index (χ2n) is 5.33. The van der Waals surface area contributed by atoms with E-state index in [9.17, 15) is 4.79 Å². The number of carbonyl (C=O) groups excluding carboxylic acids is 1. The maximum atomic E-state index is 12.1. The normalized spacial score (nSPS) is 10.6. The van der Waals surface area contributed by atoms with Crippen LogP contribution in [0.1, 0.15) is 15.9 Å². The van der Waals surface area contributed by atoms with Crippen LogP contribution in [0.25, 0.3) is 5.69 Å². The number of nitrogens with one attached hydrogen (secondary N) is 1. The molecule has 0 fully saturated rings. The summed E-state index contributed by atoms with van der Waals surface area (Å²) >= 11 is 0. The summed E-state index contributed by atoms with van der Waals surface area (Å²) in [5.41, 5.74) is 2.96. The molecule has 0 saturated carbocycles. The molecule has 0 atom stereocenters. The molecule has 3 aromatic rings. The second kappa shape index (κ2) is 6.35. The number of hydrogen-bond donors (Lipinski definition) is 1. The van der Waals surface area contributed by atoms with Gasteiger partial charge in [-0.3, -0.25) is 4.79 Å². The summed E-state index contributed by atoms with van der Waals surface area (Å²) in [6, 6.07) is 13.6. The lowest BCUT2D eigenvalue weighted by atomic mass is 10.2. The van der Waals surface area contributed by atoms with Gasteiger partial charge in [0, 0.05) is 49.6 Å². The molecule has 4 nitrogen and oxygen atoms in total. The van der Waals surface area contributed by atoms with Crippen molar-refractivity contribution in [2.24, 2.45) is 7.05 Å². The third-order valence-corrected chi connectivity index (χ3v) is 3.62. The van der Waals surface area contributed by atoms with E-state index in [-0.39, 0.29) is 5.91 Å². The summed E-state index contributed by atoms with van der Waals surface area (Å²) in [5, 5.41) is 2.96. The molecule has 22 heavy (non-hydrogen) atoms. The fourth-order valence-corrected chi connectivity index (χ4v) is 2.42. The van der Waals surface area contributed by atoms with Crippen molar-refractivity contribution in [3.63, 3.8) is 0 Å². The topological polar surface area (TPSA) is 39.0 Å². The monoisotopic (exact) mass is 293 g/mol. The van der Waals surface area contributed by atoms with E-state index in [2.05, 4.69) is 17.6 Å². The van der Waals surface area contributed by atoms with E-state index < -0.39 is 0 Å². The van der Waals surface area contributed by atoms with E-state index in [4.69, 9.17) is 0 Å². The molecule has 1 amide bonds. The summed E-state index contributed by atoms with van der Waals surface area (Å²) in [6.45, 7) is 0.641. The largest absolute Gasteiger partial charge is 0.357 e. The van der Waals surface area contributed by atoms with E-state index in [0.717, 1.165) is 12.1 Å². The first kappa shape index (κ1) is 14.2. The number of aryl methyl sites for hydroxylation is 1. The van der Waals surface area contributed by atoms with Crippen LogP contribution in [0.3, 0.4) is 0 Å². The first-order valence-electron chi connectivity index (χ1n) is 7.35. The van der Waals surface area contributed by atoms with Crippen LogP contribution in [-0.2, 0) is 13.5 Å². The van der Waals surface area contributed by atoms with Crippen molar-refractivity contribution < 1.29 is 4.79 Å². The highest BCUT2D eigenvalue weighted by molar-refractivity contribution is 5.94. The molecule has 2 heterocycles. The summed E-state index contributed by atoms with van der Waals surface area (Å²) in [7, 11) is 1.99. The number of nitrogens with zero attached hydrogens (tertiary/aromatic N) is 2. The SMILES string of the molecule is Cn1ccc(CCNC(=O)c2ccc(-n3cccc3)cc2)c1. The summed E-state index contributed by atoms with van der Waals surface area (Å²) in [4.78, 5) is 12.1. The molecule has 0 bridgehead atoms. The molecule has 0 aliphatic rings. The summed E-state index contributed by atoms with van der Waals surface area (Å²) in [5.74, 6) is -0.0324. The van der Waals surface area contributed by atoms with Gasteiger partial charge in [0.1, 0.15) is 0 Å². The Morgan fingerprint density at radius 1 is 1.05 bits per heavy atom. The van der Waals surface area contributed by atoms with Crippen LogP contribution in [0.5, 0.6) is 0 Å². The van der Waals surface area contributed by atoms with Gasteiger partial charge in [0.25, 0.3) is 5.91 Å². The molecule has 0 spiro atoms. The number of benzene rings is 1. The molecule has 1 aromatic carbocycles. The molecule has 112 valence electrons. The van der Waals surface area contributed by atoms with E-state index in [1.807, 2.05) is 71.2 Å². The van der Waals surface area contributed by atoms with Gasteiger partial charge in [-0.15, -0.1) is 0 Å². The molecule has 0 saturated heterocycles. The van der Waals surface area contributed by atoms with Gasteiger partial charge in [-0.2, -0.15) is 0 Å². The Kier molecular flexibility index (Phi) is 4.10. The highest BCUT2D eigenvalue weighted by Gasteiger charge is 2.05. The zero-order valence-electron chi connectivity index (χ0n) is 12.6. The Morgan fingerprint density at radius 3 is 2.41 bits per heavy atom. The zero-order chi connectivity index (χ0) is 15.4. The van der Waals surface area contributed by atoms with Crippen LogP contribution in [0.2, 0.25) is 0 Å². The van der Waals surface area contributed by atoms with Crippen LogP contribution in [0.4, 0.5) is 0 Å². The molecule has 0 radical (unpaired) electrons. The van der Waals surface area contributed by atoms with Gasteiger partial charge in [-0.25, -0.2) is 0 Å². The van der Waals surface area contributed by atoms with Crippen LogP contribution in [-0.4, -0.2) is 21.6 Å². The third kappa shape index (κ3) is 3.28. The molecular formula is C18H19N3O. The van der Waals surface area contributed by atoms with Crippen molar-refractivity contribution in [3.05, 3.63) is 78.4 Å². The van der Waals surface area contributed by atoms with Gasteiger partial charge in [0.2, 0.25) is 0 Å². The minimum Gasteiger partial charge on any atom is -0.357 e. The number of aromatic nitrogens is 2. The van der Waals surface area contributed by atoms with Crippen molar-refractivity contribution in [2.75, 3.05) is 6.54 Å². The lowest BCUT2D eigenvalue weighted by Crippen LogP contribution is -2.25. The maximum absolute atomic E-state index is 12.1. The first-order chi connectivity index (χ1) is 10.7. The van der Waals surface area contributed by atoms with Gasteiger partial charge in [0.05, 0.1) is 0 Å².